The van der Waals surface area contributed by atoms with Crippen LogP contribution in [0.3, 0.4) is 0 Å². The standard InChI is InChI=1S/C26H28N6O3/c27-21-13-17(1-3-23(21)35-19-5-9-33-10-6-19)25-20-14-22(31-26(20)30-16-29-25)18-2-4-24(28-15-18)32-7-11-34-12-8-32/h1-4,13-16,19H,5-12,27H2,(H,29,30,31). The lowest BCUT2D eigenvalue weighted by Crippen LogP contribution is -2.36. The Labute approximate surface area is 203 Å². The lowest BCUT2D eigenvalue weighted by atomic mass is 10.1. The maximum atomic E-state index is 6.36. The first kappa shape index (κ1) is 21.8. The summed E-state index contributed by atoms with van der Waals surface area (Å²) in [5.74, 6) is 1.67. The first-order chi connectivity index (χ1) is 17.2. The molecule has 3 N–H and O–H groups in total. The Morgan fingerprint density at radius 2 is 1.71 bits per heavy atom. The van der Waals surface area contributed by atoms with Gasteiger partial charge in [0.2, 0.25) is 0 Å². The van der Waals surface area contributed by atoms with Gasteiger partial charge in [0.15, 0.2) is 0 Å². The quantitative estimate of drug-likeness (QED) is 0.423. The van der Waals surface area contributed by atoms with Crippen LogP contribution in [0, 0.1) is 0 Å². The molecular formula is C26H28N6O3. The Hall–Kier alpha value is -3.69. The van der Waals surface area contributed by atoms with Crippen molar-refractivity contribution in [3.63, 3.8) is 0 Å². The largest absolute Gasteiger partial charge is 0.488 e. The molecule has 0 bridgehead atoms. The van der Waals surface area contributed by atoms with Crippen LogP contribution in [0.2, 0.25) is 0 Å². The highest BCUT2D eigenvalue weighted by molar-refractivity contribution is 5.94. The van der Waals surface area contributed by atoms with Crippen LogP contribution < -0.4 is 15.4 Å². The molecule has 2 aliphatic heterocycles. The fourth-order valence-electron chi connectivity index (χ4n) is 4.63. The van der Waals surface area contributed by atoms with Crippen molar-refractivity contribution in [3.8, 4) is 28.3 Å². The second-order valence-electron chi connectivity index (χ2n) is 8.85. The molecule has 4 aromatic rings. The summed E-state index contributed by atoms with van der Waals surface area (Å²) in [6, 6.07) is 12.0. The molecule has 3 aromatic heterocycles. The Morgan fingerprint density at radius 3 is 2.49 bits per heavy atom. The fraction of sp³-hybridized carbons (Fsp3) is 0.346. The summed E-state index contributed by atoms with van der Waals surface area (Å²) in [7, 11) is 0. The molecule has 0 amide bonds. The number of morpholine rings is 1. The zero-order valence-corrected chi connectivity index (χ0v) is 19.4. The van der Waals surface area contributed by atoms with E-state index in [1.165, 1.54) is 0 Å². The van der Waals surface area contributed by atoms with E-state index in [1.54, 1.807) is 6.33 Å². The smallest absolute Gasteiger partial charge is 0.142 e. The number of ether oxygens (including phenoxy) is 3. The number of nitrogens with two attached hydrogens (primary N) is 1. The van der Waals surface area contributed by atoms with Gasteiger partial charge in [0.1, 0.15) is 29.6 Å². The maximum absolute atomic E-state index is 6.36. The third kappa shape index (κ3) is 4.52. The SMILES string of the molecule is Nc1cc(-c2ncnc3[nH]c(-c4ccc(N5CCOCC5)nc4)cc23)ccc1OC1CCOCC1. The first-order valence-corrected chi connectivity index (χ1v) is 12.0. The third-order valence-electron chi connectivity index (χ3n) is 6.56. The molecular weight excluding hydrogens is 444 g/mol. The van der Waals surface area contributed by atoms with Crippen LogP contribution in [0.4, 0.5) is 11.5 Å². The van der Waals surface area contributed by atoms with Gasteiger partial charge in [0, 0.05) is 54.3 Å². The van der Waals surface area contributed by atoms with Crippen molar-refractivity contribution in [3.05, 3.63) is 48.9 Å². The summed E-state index contributed by atoms with van der Waals surface area (Å²) < 4.78 is 17.0. The highest BCUT2D eigenvalue weighted by atomic mass is 16.5. The monoisotopic (exact) mass is 472 g/mol. The van der Waals surface area contributed by atoms with Crippen LogP contribution in [0.5, 0.6) is 5.75 Å². The summed E-state index contributed by atoms with van der Waals surface area (Å²) in [6.45, 7) is 4.64. The number of benzene rings is 1. The second kappa shape index (κ2) is 9.52. The molecule has 180 valence electrons. The van der Waals surface area contributed by atoms with Gasteiger partial charge in [0.25, 0.3) is 0 Å². The number of aromatic amines is 1. The summed E-state index contributed by atoms with van der Waals surface area (Å²) in [5, 5.41) is 0.928. The summed E-state index contributed by atoms with van der Waals surface area (Å²) in [6.07, 6.45) is 5.35. The number of hydrogen-bond donors (Lipinski definition) is 2. The van der Waals surface area contributed by atoms with Crippen LogP contribution in [0.25, 0.3) is 33.5 Å². The van der Waals surface area contributed by atoms with E-state index in [0.717, 1.165) is 91.7 Å². The van der Waals surface area contributed by atoms with Crippen molar-refractivity contribution in [1.82, 2.24) is 19.9 Å². The molecule has 0 aliphatic carbocycles. The molecule has 2 saturated heterocycles. The van der Waals surface area contributed by atoms with E-state index in [1.807, 2.05) is 24.4 Å². The van der Waals surface area contributed by atoms with Gasteiger partial charge in [0.05, 0.1) is 37.8 Å². The number of nitrogens with zero attached hydrogens (tertiary/aromatic N) is 4. The highest BCUT2D eigenvalue weighted by Crippen LogP contribution is 2.34. The Balaban J connectivity index is 1.26. The number of nitrogens with one attached hydrogen (secondary N) is 1. The van der Waals surface area contributed by atoms with E-state index >= 15 is 0 Å². The normalized spacial score (nSPS) is 17.1. The lowest BCUT2D eigenvalue weighted by Gasteiger charge is -2.27. The zero-order chi connectivity index (χ0) is 23.6. The van der Waals surface area contributed by atoms with Crippen LogP contribution in [-0.2, 0) is 9.47 Å². The maximum Gasteiger partial charge on any atom is 0.142 e. The van der Waals surface area contributed by atoms with Crippen molar-refractivity contribution in [2.75, 3.05) is 50.2 Å². The number of fused-ring (bicyclic) bond motifs is 1. The van der Waals surface area contributed by atoms with E-state index in [4.69, 9.17) is 19.9 Å². The number of nitrogen functional groups attached to an aromatic ring is 1. The van der Waals surface area contributed by atoms with E-state index in [9.17, 15) is 0 Å². The topological polar surface area (TPSA) is 111 Å². The van der Waals surface area contributed by atoms with Crippen molar-refractivity contribution < 1.29 is 14.2 Å². The van der Waals surface area contributed by atoms with Gasteiger partial charge in [-0.1, -0.05) is 0 Å². The molecule has 0 radical (unpaired) electrons. The second-order valence-corrected chi connectivity index (χ2v) is 8.85. The van der Waals surface area contributed by atoms with E-state index in [2.05, 4.69) is 43.0 Å². The van der Waals surface area contributed by atoms with Crippen molar-refractivity contribution in [1.29, 1.82) is 0 Å². The highest BCUT2D eigenvalue weighted by Gasteiger charge is 2.18. The van der Waals surface area contributed by atoms with E-state index in [-0.39, 0.29) is 6.10 Å². The summed E-state index contributed by atoms with van der Waals surface area (Å²) in [4.78, 5) is 19.3. The molecule has 35 heavy (non-hydrogen) atoms. The van der Waals surface area contributed by atoms with Gasteiger partial charge >= 0.3 is 0 Å². The molecule has 9 heteroatoms. The van der Waals surface area contributed by atoms with E-state index < -0.39 is 0 Å². The molecule has 0 unspecified atom stereocenters. The van der Waals surface area contributed by atoms with Crippen LogP contribution >= 0.6 is 0 Å². The van der Waals surface area contributed by atoms with Gasteiger partial charge < -0.3 is 29.8 Å². The minimum atomic E-state index is 0.137. The predicted molar refractivity (Wildman–Crippen MR) is 134 cm³/mol. The molecule has 0 saturated carbocycles. The van der Waals surface area contributed by atoms with Crippen LogP contribution in [0.15, 0.2) is 48.9 Å². The lowest BCUT2D eigenvalue weighted by molar-refractivity contribution is 0.0259. The van der Waals surface area contributed by atoms with Gasteiger partial charge in [-0.3, -0.25) is 0 Å². The number of pyridine rings is 1. The minimum absolute atomic E-state index is 0.137. The Bertz CT molecular complexity index is 1310. The Kier molecular flexibility index (Phi) is 5.93. The summed E-state index contributed by atoms with van der Waals surface area (Å²) >= 11 is 0. The minimum Gasteiger partial charge on any atom is -0.488 e. The van der Waals surface area contributed by atoms with Gasteiger partial charge in [-0.2, -0.15) is 0 Å². The fourth-order valence-corrected chi connectivity index (χ4v) is 4.63. The predicted octanol–water partition coefficient (Wildman–Crippen LogP) is 3.66. The number of hydrogen-bond acceptors (Lipinski definition) is 8. The van der Waals surface area contributed by atoms with Gasteiger partial charge in [-0.05, 0) is 36.4 Å². The molecule has 1 aromatic carbocycles. The number of aromatic nitrogens is 4. The first-order valence-electron chi connectivity index (χ1n) is 12.0. The van der Waals surface area contributed by atoms with Crippen molar-refractivity contribution in [2.45, 2.75) is 18.9 Å². The van der Waals surface area contributed by atoms with Crippen LogP contribution in [0.1, 0.15) is 12.8 Å². The average molecular weight is 473 g/mol. The van der Waals surface area contributed by atoms with E-state index in [0.29, 0.717) is 11.4 Å². The van der Waals surface area contributed by atoms with Crippen molar-refractivity contribution >= 4 is 22.5 Å². The molecule has 2 aliphatic rings. The molecule has 6 rings (SSSR count). The van der Waals surface area contributed by atoms with Gasteiger partial charge in [-0.25, -0.2) is 15.0 Å². The zero-order valence-electron chi connectivity index (χ0n) is 19.4. The Morgan fingerprint density at radius 1 is 0.914 bits per heavy atom. The molecule has 0 spiro atoms. The average Bonchev–Trinajstić information content (AvgIpc) is 3.36. The summed E-state index contributed by atoms with van der Waals surface area (Å²) in [5.41, 5.74) is 11.4. The molecule has 0 atom stereocenters. The molecule has 2 fully saturated rings. The third-order valence-corrected chi connectivity index (χ3v) is 6.56. The molecule has 9 nitrogen and oxygen atoms in total. The van der Waals surface area contributed by atoms with Crippen LogP contribution in [-0.4, -0.2) is 65.6 Å². The van der Waals surface area contributed by atoms with Crippen molar-refractivity contribution in [2.24, 2.45) is 0 Å². The molecule has 5 heterocycles. The van der Waals surface area contributed by atoms with Gasteiger partial charge in [-0.15, -0.1) is 0 Å². The number of H-pyrrole nitrogens is 1. The number of rotatable bonds is 5. The number of anilines is 2.